The summed E-state index contributed by atoms with van der Waals surface area (Å²) in [6.45, 7) is 5.75. The Bertz CT molecular complexity index is 85.3. The van der Waals surface area contributed by atoms with Gasteiger partial charge < -0.3 is 4.90 Å². The van der Waals surface area contributed by atoms with Crippen molar-refractivity contribution >= 4 is 0 Å². The maximum atomic E-state index is 7.47. The molecule has 2 heteroatoms. The van der Waals surface area contributed by atoms with Crippen LogP contribution in [0.3, 0.4) is 0 Å². The maximum Gasteiger partial charge on any atom is 0.0237 e. The van der Waals surface area contributed by atoms with Gasteiger partial charge in [-0.3, -0.25) is 5.73 Å². The Morgan fingerprint density at radius 1 is 1.40 bits per heavy atom. The van der Waals surface area contributed by atoms with Crippen LogP contribution in [0.1, 0.15) is 26.2 Å². The predicted octanol–water partition coefficient (Wildman–Crippen LogP) is 1.14. The summed E-state index contributed by atoms with van der Waals surface area (Å²) in [7, 11) is 0. The highest BCUT2D eigenvalue weighted by molar-refractivity contribution is 4.72. The molecule has 0 spiro atoms. The number of likely N-dealkylation sites (tertiary alicyclic amines) is 1. The Labute approximate surface area is 63.4 Å². The first-order valence-corrected chi connectivity index (χ1v) is 4.26. The van der Waals surface area contributed by atoms with E-state index in [-0.39, 0.29) is 6.04 Å². The molecule has 1 aliphatic heterocycles. The van der Waals surface area contributed by atoms with Crippen molar-refractivity contribution in [3.8, 4) is 0 Å². The monoisotopic (exact) mass is 141 g/mol. The minimum absolute atomic E-state index is 0.230. The van der Waals surface area contributed by atoms with E-state index >= 15 is 0 Å². The van der Waals surface area contributed by atoms with E-state index in [1.54, 1.807) is 0 Å². The molecule has 1 saturated heterocycles. The standard InChI is InChI=1S/C8H17N2/c1-2-5-10-6-3-8(9)4-7-10/h8-9H,2-7H2,1H3. The molecular weight excluding hydrogens is 124 g/mol. The van der Waals surface area contributed by atoms with E-state index in [0.29, 0.717) is 0 Å². The van der Waals surface area contributed by atoms with Crippen LogP contribution in [0.4, 0.5) is 0 Å². The summed E-state index contributed by atoms with van der Waals surface area (Å²) in [6.07, 6.45) is 3.42. The van der Waals surface area contributed by atoms with E-state index in [2.05, 4.69) is 11.8 Å². The number of hydrogen-bond acceptors (Lipinski definition) is 1. The molecule has 0 aromatic heterocycles. The van der Waals surface area contributed by atoms with Gasteiger partial charge in [0.2, 0.25) is 0 Å². The highest BCUT2D eigenvalue weighted by Gasteiger charge is 2.14. The molecule has 10 heavy (non-hydrogen) atoms. The van der Waals surface area contributed by atoms with Crippen molar-refractivity contribution < 1.29 is 0 Å². The number of hydrogen-bond donors (Lipinski definition) is 0. The zero-order valence-corrected chi connectivity index (χ0v) is 6.77. The lowest BCUT2D eigenvalue weighted by Crippen LogP contribution is -2.36. The Hall–Kier alpha value is -0.0800. The second-order valence-corrected chi connectivity index (χ2v) is 3.12. The van der Waals surface area contributed by atoms with Gasteiger partial charge in [-0.2, -0.15) is 0 Å². The first-order chi connectivity index (χ1) is 4.83. The van der Waals surface area contributed by atoms with E-state index in [1.165, 1.54) is 13.0 Å². The van der Waals surface area contributed by atoms with Crippen LogP contribution in [-0.4, -0.2) is 30.6 Å². The SMILES string of the molecule is CCCN1CCC([NH])CC1. The molecule has 1 fully saturated rings. The molecule has 0 aliphatic carbocycles. The summed E-state index contributed by atoms with van der Waals surface area (Å²) >= 11 is 0. The Balaban J connectivity index is 2.13. The molecule has 0 aromatic carbocycles. The molecule has 0 amide bonds. The van der Waals surface area contributed by atoms with Gasteiger partial charge in [-0.15, -0.1) is 0 Å². The summed E-state index contributed by atoms with van der Waals surface area (Å²) in [5.41, 5.74) is 7.47. The normalized spacial score (nSPS) is 23.4. The fourth-order valence-electron chi connectivity index (χ4n) is 1.47. The summed E-state index contributed by atoms with van der Waals surface area (Å²) in [5, 5.41) is 0. The lowest BCUT2D eigenvalue weighted by molar-refractivity contribution is 0.211. The van der Waals surface area contributed by atoms with Gasteiger partial charge in [0.25, 0.3) is 0 Å². The average molecular weight is 141 g/mol. The van der Waals surface area contributed by atoms with Crippen LogP contribution < -0.4 is 5.73 Å². The topological polar surface area (TPSA) is 27.0 Å². The third kappa shape index (κ3) is 2.27. The van der Waals surface area contributed by atoms with E-state index in [4.69, 9.17) is 5.73 Å². The Morgan fingerprint density at radius 3 is 2.50 bits per heavy atom. The Kier molecular flexibility index (Phi) is 3.16. The van der Waals surface area contributed by atoms with Crippen LogP contribution in [0, 0.1) is 0 Å². The first-order valence-electron chi connectivity index (χ1n) is 4.26. The number of piperidine rings is 1. The van der Waals surface area contributed by atoms with Gasteiger partial charge in [0.15, 0.2) is 0 Å². The predicted molar refractivity (Wildman–Crippen MR) is 42.8 cm³/mol. The second kappa shape index (κ2) is 3.94. The number of nitrogens with one attached hydrogen (secondary N) is 1. The van der Waals surface area contributed by atoms with Gasteiger partial charge in [-0.25, -0.2) is 0 Å². The molecule has 0 unspecified atom stereocenters. The molecule has 0 saturated carbocycles. The van der Waals surface area contributed by atoms with E-state index in [9.17, 15) is 0 Å². The third-order valence-corrected chi connectivity index (χ3v) is 2.13. The van der Waals surface area contributed by atoms with Gasteiger partial charge in [0.1, 0.15) is 0 Å². The van der Waals surface area contributed by atoms with E-state index in [1.807, 2.05) is 0 Å². The van der Waals surface area contributed by atoms with Gasteiger partial charge in [0.05, 0.1) is 0 Å². The van der Waals surface area contributed by atoms with Crippen molar-refractivity contribution in [1.29, 1.82) is 0 Å². The maximum absolute atomic E-state index is 7.47. The number of rotatable bonds is 2. The molecule has 1 rings (SSSR count). The van der Waals surface area contributed by atoms with E-state index < -0.39 is 0 Å². The van der Waals surface area contributed by atoms with Crippen molar-refractivity contribution in [1.82, 2.24) is 10.6 Å². The summed E-state index contributed by atoms with van der Waals surface area (Å²) in [6, 6.07) is 0.230. The van der Waals surface area contributed by atoms with Crippen molar-refractivity contribution in [2.45, 2.75) is 32.2 Å². The second-order valence-electron chi connectivity index (χ2n) is 3.12. The van der Waals surface area contributed by atoms with Crippen molar-refractivity contribution in [2.24, 2.45) is 0 Å². The molecule has 1 aliphatic rings. The van der Waals surface area contributed by atoms with E-state index in [0.717, 1.165) is 25.9 Å². The van der Waals surface area contributed by atoms with Crippen LogP contribution in [0.2, 0.25) is 0 Å². The summed E-state index contributed by atoms with van der Waals surface area (Å²) in [5.74, 6) is 0. The molecule has 2 nitrogen and oxygen atoms in total. The molecule has 0 atom stereocenters. The fourth-order valence-corrected chi connectivity index (χ4v) is 1.47. The highest BCUT2D eigenvalue weighted by atomic mass is 15.1. The number of nitrogens with zero attached hydrogens (tertiary/aromatic N) is 1. The molecular formula is C8H17N2. The van der Waals surface area contributed by atoms with Gasteiger partial charge >= 0.3 is 0 Å². The fraction of sp³-hybridized carbons (Fsp3) is 1.00. The molecule has 1 heterocycles. The molecule has 1 N–H and O–H groups in total. The smallest absolute Gasteiger partial charge is 0.0237 e. The van der Waals surface area contributed by atoms with Gasteiger partial charge in [-0.05, 0) is 38.9 Å². The molecule has 1 radical (unpaired) electrons. The minimum atomic E-state index is 0.230. The summed E-state index contributed by atoms with van der Waals surface area (Å²) in [4.78, 5) is 2.46. The van der Waals surface area contributed by atoms with Crippen molar-refractivity contribution in [3.63, 3.8) is 0 Å². The molecule has 59 valence electrons. The first kappa shape index (κ1) is 8.02. The average Bonchev–Trinajstić information content (AvgIpc) is 1.95. The minimum Gasteiger partial charge on any atom is -0.303 e. The van der Waals surface area contributed by atoms with Crippen LogP contribution in [0.25, 0.3) is 0 Å². The van der Waals surface area contributed by atoms with Gasteiger partial charge in [-0.1, -0.05) is 6.92 Å². The van der Waals surface area contributed by atoms with Crippen LogP contribution in [0.5, 0.6) is 0 Å². The zero-order chi connectivity index (χ0) is 7.40. The molecule has 0 bridgehead atoms. The van der Waals surface area contributed by atoms with Crippen molar-refractivity contribution in [3.05, 3.63) is 0 Å². The Morgan fingerprint density at radius 2 is 2.00 bits per heavy atom. The third-order valence-electron chi connectivity index (χ3n) is 2.13. The van der Waals surface area contributed by atoms with Crippen molar-refractivity contribution in [2.75, 3.05) is 19.6 Å². The zero-order valence-electron chi connectivity index (χ0n) is 6.77. The van der Waals surface area contributed by atoms with Crippen LogP contribution in [0.15, 0.2) is 0 Å². The highest BCUT2D eigenvalue weighted by Crippen LogP contribution is 2.08. The quantitative estimate of drug-likeness (QED) is 0.566. The lowest BCUT2D eigenvalue weighted by atomic mass is 10.1. The molecule has 0 aromatic rings. The van der Waals surface area contributed by atoms with Crippen LogP contribution >= 0.6 is 0 Å². The van der Waals surface area contributed by atoms with Crippen LogP contribution in [-0.2, 0) is 0 Å². The van der Waals surface area contributed by atoms with Gasteiger partial charge in [0, 0.05) is 6.04 Å². The lowest BCUT2D eigenvalue weighted by Gasteiger charge is -2.28. The summed E-state index contributed by atoms with van der Waals surface area (Å²) < 4.78 is 0. The largest absolute Gasteiger partial charge is 0.303 e.